The molecule has 0 bridgehead atoms. The number of phenolic OH excluding ortho intramolecular Hbond substituents is 1. The average Bonchev–Trinajstić information content (AvgIpc) is 2.61. The van der Waals surface area contributed by atoms with Crippen LogP contribution in [0, 0.1) is 6.92 Å². The molecular formula is C21H30IN3O2. The Morgan fingerprint density at radius 2 is 1.93 bits per heavy atom. The Bertz CT molecular complexity index is 735. The van der Waals surface area contributed by atoms with Crippen LogP contribution in [0.1, 0.15) is 30.5 Å². The van der Waals surface area contributed by atoms with Crippen molar-refractivity contribution in [1.29, 1.82) is 0 Å². The van der Waals surface area contributed by atoms with Crippen LogP contribution in [-0.2, 0) is 13.0 Å². The lowest BCUT2D eigenvalue weighted by Crippen LogP contribution is -2.38. The van der Waals surface area contributed by atoms with Crippen molar-refractivity contribution in [2.45, 2.75) is 33.7 Å². The van der Waals surface area contributed by atoms with Gasteiger partial charge in [-0.3, -0.25) is 0 Å². The zero-order valence-electron chi connectivity index (χ0n) is 16.3. The maximum atomic E-state index is 9.54. The molecule has 0 saturated heterocycles. The molecule has 0 spiro atoms. The molecule has 0 saturated carbocycles. The molecule has 2 rings (SSSR count). The largest absolute Gasteiger partial charge is 0.508 e. The Morgan fingerprint density at radius 3 is 2.63 bits per heavy atom. The van der Waals surface area contributed by atoms with Gasteiger partial charge in [-0.15, -0.1) is 24.0 Å². The fourth-order valence-electron chi connectivity index (χ4n) is 2.63. The molecule has 148 valence electrons. The molecule has 3 N–H and O–H groups in total. The van der Waals surface area contributed by atoms with Crippen molar-refractivity contribution in [3.8, 4) is 11.5 Å². The van der Waals surface area contributed by atoms with Gasteiger partial charge in [-0.25, -0.2) is 4.99 Å². The number of nitrogens with one attached hydrogen (secondary N) is 2. The molecule has 0 heterocycles. The van der Waals surface area contributed by atoms with Gasteiger partial charge in [0.15, 0.2) is 5.96 Å². The molecule has 0 aromatic heterocycles. The van der Waals surface area contributed by atoms with Crippen LogP contribution in [-0.4, -0.2) is 30.8 Å². The van der Waals surface area contributed by atoms with Crippen LogP contribution in [0.5, 0.6) is 11.5 Å². The number of aliphatic imine (C=N–C) groups is 1. The first-order valence-corrected chi connectivity index (χ1v) is 9.14. The number of guanidine groups is 1. The number of benzene rings is 2. The summed E-state index contributed by atoms with van der Waals surface area (Å²) in [5.41, 5.74) is 3.34. The SMILES string of the molecule is CCNC(=NCc1ccc(C)cc1OCC)NCCc1cccc(O)c1.I. The summed E-state index contributed by atoms with van der Waals surface area (Å²) in [6.07, 6.45) is 0.813. The molecule has 2 aromatic rings. The Kier molecular flexibility index (Phi) is 10.6. The van der Waals surface area contributed by atoms with Crippen LogP contribution in [0.25, 0.3) is 0 Å². The molecule has 27 heavy (non-hydrogen) atoms. The van der Waals surface area contributed by atoms with E-state index in [9.17, 15) is 5.11 Å². The summed E-state index contributed by atoms with van der Waals surface area (Å²) in [6, 6.07) is 13.5. The molecule has 0 aliphatic rings. The van der Waals surface area contributed by atoms with Gasteiger partial charge < -0.3 is 20.5 Å². The summed E-state index contributed by atoms with van der Waals surface area (Å²) >= 11 is 0. The summed E-state index contributed by atoms with van der Waals surface area (Å²) in [6.45, 7) is 8.82. The Balaban J connectivity index is 0.00000364. The van der Waals surface area contributed by atoms with Gasteiger partial charge >= 0.3 is 0 Å². The number of halogens is 1. The summed E-state index contributed by atoms with van der Waals surface area (Å²) in [5, 5.41) is 16.1. The minimum absolute atomic E-state index is 0. The molecule has 0 atom stereocenters. The maximum absolute atomic E-state index is 9.54. The smallest absolute Gasteiger partial charge is 0.191 e. The second kappa shape index (κ2) is 12.4. The zero-order valence-corrected chi connectivity index (χ0v) is 18.6. The van der Waals surface area contributed by atoms with Crippen LogP contribution in [0.3, 0.4) is 0 Å². The number of aryl methyl sites for hydroxylation is 1. The first-order valence-electron chi connectivity index (χ1n) is 9.14. The van der Waals surface area contributed by atoms with Crippen molar-refractivity contribution in [2.24, 2.45) is 4.99 Å². The normalized spacial score (nSPS) is 10.9. The third-order valence-corrected chi connectivity index (χ3v) is 3.89. The van der Waals surface area contributed by atoms with Crippen molar-refractivity contribution < 1.29 is 9.84 Å². The predicted molar refractivity (Wildman–Crippen MR) is 122 cm³/mol. The highest BCUT2D eigenvalue weighted by Gasteiger charge is 2.05. The van der Waals surface area contributed by atoms with Gasteiger partial charge in [-0.1, -0.05) is 24.3 Å². The molecule has 0 aliphatic carbocycles. The molecule has 0 aliphatic heterocycles. The van der Waals surface area contributed by atoms with E-state index in [-0.39, 0.29) is 24.0 Å². The highest BCUT2D eigenvalue weighted by molar-refractivity contribution is 14.0. The number of aromatic hydroxyl groups is 1. The van der Waals surface area contributed by atoms with E-state index < -0.39 is 0 Å². The molecule has 2 aromatic carbocycles. The van der Waals surface area contributed by atoms with Gasteiger partial charge in [0.2, 0.25) is 0 Å². The molecule has 0 amide bonds. The zero-order chi connectivity index (χ0) is 18.8. The van der Waals surface area contributed by atoms with Crippen LogP contribution in [0.4, 0.5) is 0 Å². The van der Waals surface area contributed by atoms with Crippen LogP contribution in [0.2, 0.25) is 0 Å². The van der Waals surface area contributed by atoms with Crippen molar-refractivity contribution in [1.82, 2.24) is 10.6 Å². The van der Waals surface area contributed by atoms with E-state index in [2.05, 4.69) is 40.7 Å². The standard InChI is InChI=1S/C21H29N3O2.HI/c1-4-22-21(23-12-11-17-7-6-8-19(25)14-17)24-15-18-10-9-16(3)13-20(18)26-5-2;/h6-10,13-14,25H,4-5,11-12,15H2,1-3H3,(H2,22,23,24);1H. The van der Waals surface area contributed by atoms with Gasteiger partial charge in [-0.2, -0.15) is 0 Å². The van der Waals surface area contributed by atoms with Crippen molar-refractivity contribution in [3.05, 3.63) is 59.2 Å². The first-order chi connectivity index (χ1) is 12.6. The van der Waals surface area contributed by atoms with Gasteiger partial charge in [0.1, 0.15) is 11.5 Å². The van der Waals surface area contributed by atoms with E-state index in [0.717, 1.165) is 42.3 Å². The number of nitrogens with zero attached hydrogens (tertiary/aromatic N) is 1. The van der Waals surface area contributed by atoms with E-state index in [1.165, 1.54) is 5.56 Å². The van der Waals surface area contributed by atoms with Gasteiger partial charge in [0.25, 0.3) is 0 Å². The van der Waals surface area contributed by atoms with Gasteiger partial charge in [-0.05, 0) is 56.5 Å². The fourth-order valence-corrected chi connectivity index (χ4v) is 2.63. The minimum atomic E-state index is 0. The third-order valence-electron chi connectivity index (χ3n) is 3.89. The summed E-state index contributed by atoms with van der Waals surface area (Å²) in [7, 11) is 0. The van der Waals surface area contributed by atoms with Crippen molar-refractivity contribution >= 4 is 29.9 Å². The van der Waals surface area contributed by atoms with E-state index in [4.69, 9.17) is 4.74 Å². The van der Waals surface area contributed by atoms with E-state index >= 15 is 0 Å². The third kappa shape index (κ3) is 8.07. The summed E-state index contributed by atoms with van der Waals surface area (Å²) in [4.78, 5) is 4.67. The number of ether oxygens (including phenoxy) is 1. The molecule has 0 unspecified atom stereocenters. The highest BCUT2D eigenvalue weighted by Crippen LogP contribution is 2.21. The quantitative estimate of drug-likeness (QED) is 0.302. The van der Waals surface area contributed by atoms with Crippen LogP contribution in [0.15, 0.2) is 47.5 Å². The van der Waals surface area contributed by atoms with Gasteiger partial charge in [0.05, 0.1) is 13.2 Å². The Hall–Kier alpha value is -1.96. The molecule has 6 heteroatoms. The Labute approximate surface area is 179 Å². The molecule has 0 radical (unpaired) electrons. The van der Waals surface area contributed by atoms with Gasteiger partial charge in [0, 0.05) is 18.7 Å². The number of hydrogen-bond donors (Lipinski definition) is 3. The molecular weight excluding hydrogens is 453 g/mol. The monoisotopic (exact) mass is 483 g/mol. The number of rotatable bonds is 8. The second-order valence-electron chi connectivity index (χ2n) is 6.09. The lowest BCUT2D eigenvalue weighted by Gasteiger charge is -2.13. The van der Waals surface area contributed by atoms with Crippen molar-refractivity contribution in [2.75, 3.05) is 19.7 Å². The molecule has 0 fully saturated rings. The van der Waals surface area contributed by atoms with E-state index in [1.807, 2.05) is 26.0 Å². The average molecular weight is 483 g/mol. The lowest BCUT2D eigenvalue weighted by atomic mass is 10.1. The first kappa shape index (κ1) is 23.1. The van der Waals surface area contributed by atoms with Crippen molar-refractivity contribution in [3.63, 3.8) is 0 Å². The number of hydrogen-bond acceptors (Lipinski definition) is 3. The van der Waals surface area contributed by atoms with E-state index in [1.54, 1.807) is 12.1 Å². The lowest BCUT2D eigenvalue weighted by molar-refractivity contribution is 0.336. The highest BCUT2D eigenvalue weighted by atomic mass is 127. The van der Waals surface area contributed by atoms with Crippen LogP contribution >= 0.6 is 24.0 Å². The van der Waals surface area contributed by atoms with E-state index in [0.29, 0.717) is 18.9 Å². The molecule has 5 nitrogen and oxygen atoms in total. The summed E-state index contributed by atoms with van der Waals surface area (Å²) in [5.74, 6) is 1.97. The minimum Gasteiger partial charge on any atom is -0.508 e. The second-order valence-corrected chi connectivity index (χ2v) is 6.09. The Morgan fingerprint density at radius 1 is 1.11 bits per heavy atom. The summed E-state index contributed by atoms with van der Waals surface area (Å²) < 4.78 is 5.73. The predicted octanol–water partition coefficient (Wildman–Crippen LogP) is 4.02. The topological polar surface area (TPSA) is 65.9 Å². The maximum Gasteiger partial charge on any atom is 0.191 e. The van der Waals surface area contributed by atoms with Crippen LogP contribution < -0.4 is 15.4 Å². The fraction of sp³-hybridized carbons (Fsp3) is 0.381. The number of phenols is 1.